The lowest BCUT2D eigenvalue weighted by Gasteiger charge is -2.36. The van der Waals surface area contributed by atoms with Crippen molar-refractivity contribution in [1.82, 2.24) is 10.3 Å². The molecule has 1 saturated carbocycles. The highest BCUT2D eigenvalue weighted by atomic mass is 35.5. The number of halogens is 1. The summed E-state index contributed by atoms with van der Waals surface area (Å²) in [5, 5.41) is 16.1. The molecule has 0 amide bonds. The first kappa shape index (κ1) is 22.2. The molecule has 0 unspecified atom stereocenters. The molecular weight excluding hydrogens is 444 g/mol. The predicted molar refractivity (Wildman–Crippen MR) is 125 cm³/mol. The Kier molecular flexibility index (Phi) is 6.27. The Hall–Kier alpha value is -2.61. The van der Waals surface area contributed by atoms with E-state index in [1.54, 1.807) is 18.3 Å². The average Bonchev–Trinajstić information content (AvgIpc) is 2.82. The van der Waals surface area contributed by atoms with Crippen LogP contribution in [-0.4, -0.2) is 34.9 Å². The number of aliphatic hydroxyl groups is 1. The van der Waals surface area contributed by atoms with Crippen LogP contribution < -0.4 is 20.4 Å². The Labute approximate surface area is 196 Å². The molecule has 1 aromatic carbocycles. The highest BCUT2D eigenvalue weighted by Crippen LogP contribution is 2.34. The molecular formula is C25H27ClN2O5. The van der Waals surface area contributed by atoms with Gasteiger partial charge < -0.3 is 24.3 Å². The van der Waals surface area contributed by atoms with Gasteiger partial charge in [-0.05, 0) is 62.3 Å². The summed E-state index contributed by atoms with van der Waals surface area (Å²) in [7, 11) is 0. The zero-order valence-corrected chi connectivity index (χ0v) is 19.1. The summed E-state index contributed by atoms with van der Waals surface area (Å²) >= 11 is 6.25. The maximum Gasteiger partial charge on any atom is 0.336 e. The maximum atomic E-state index is 11.7. The number of hydrogen-bond acceptors (Lipinski definition) is 7. The number of nitrogens with one attached hydrogen (secondary N) is 1. The second kappa shape index (κ2) is 9.33. The Morgan fingerprint density at radius 2 is 1.91 bits per heavy atom. The molecule has 1 fully saturated rings. The molecule has 174 valence electrons. The molecule has 33 heavy (non-hydrogen) atoms. The topological polar surface area (TPSA) is 93.8 Å². The monoisotopic (exact) mass is 470 g/mol. The predicted octanol–water partition coefficient (Wildman–Crippen LogP) is 4.01. The summed E-state index contributed by atoms with van der Waals surface area (Å²) in [5.41, 5.74) is 1.20. The van der Waals surface area contributed by atoms with Gasteiger partial charge in [0.05, 0.1) is 17.5 Å². The van der Waals surface area contributed by atoms with E-state index in [1.165, 1.54) is 6.07 Å². The van der Waals surface area contributed by atoms with E-state index in [4.69, 9.17) is 25.5 Å². The molecule has 2 aliphatic rings. The van der Waals surface area contributed by atoms with Crippen molar-refractivity contribution in [2.24, 2.45) is 0 Å². The second-order valence-corrected chi connectivity index (χ2v) is 9.37. The van der Waals surface area contributed by atoms with E-state index in [1.807, 2.05) is 12.1 Å². The van der Waals surface area contributed by atoms with Crippen molar-refractivity contribution in [3.05, 3.63) is 63.2 Å². The fourth-order valence-electron chi connectivity index (χ4n) is 4.71. The number of benzene rings is 1. The van der Waals surface area contributed by atoms with Crippen LogP contribution in [0.3, 0.4) is 0 Å². The number of fused-ring (bicyclic) bond motifs is 2. The maximum absolute atomic E-state index is 11.7. The fourth-order valence-corrected chi connectivity index (χ4v) is 4.96. The first-order chi connectivity index (χ1) is 16.0. The van der Waals surface area contributed by atoms with Crippen molar-refractivity contribution in [3.63, 3.8) is 0 Å². The molecule has 2 N–H and O–H groups in total. The molecule has 0 radical (unpaired) electrons. The molecule has 0 spiro atoms. The third kappa shape index (κ3) is 5.16. The minimum absolute atomic E-state index is 0.324. The van der Waals surface area contributed by atoms with Gasteiger partial charge in [-0.2, -0.15) is 0 Å². The highest BCUT2D eigenvalue weighted by molar-refractivity contribution is 6.31. The molecule has 5 rings (SSSR count). The summed E-state index contributed by atoms with van der Waals surface area (Å²) in [6.45, 7) is 1.76. The number of pyridine rings is 1. The van der Waals surface area contributed by atoms with Gasteiger partial charge in [0.25, 0.3) is 0 Å². The summed E-state index contributed by atoms with van der Waals surface area (Å²) in [6, 6.07) is 8.97. The molecule has 8 heteroatoms. The van der Waals surface area contributed by atoms with Crippen molar-refractivity contribution in [1.29, 1.82) is 0 Å². The molecule has 3 heterocycles. The molecule has 2 aromatic heterocycles. The zero-order valence-electron chi connectivity index (χ0n) is 18.3. The Morgan fingerprint density at radius 3 is 2.73 bits per heavy atom. The van der Waals surface area contributed by atoms with Gasteiger partial charge in [0.1, 0.15) is 18.8 Å². The van der Waals surface area contributed by atoms with Crippen LogP contribution >= 0.6 is 11.6 Å². The van der Waals surface area contributed by atoms with Gasteiger partial charge >= 0.3 is 5.63 Å². The molecule has 0 saturated heterocycles. The van der Waals surface area contributed by atoms with Crippen molar-refractivity contribution in [2.75, 3.05) is 13.2 Å². The number of rotatable bonds is 6. The number of aromatic nitrogens is 1. The fraction of sp³-hybridized carbons (Fsp3) is 0.440. The van der Waals surface area contributed by atoms with Gasteiger partial charge in [-0.1, -0.05) is 11.6 Å². The minimum Gasteiger partial charge on any atom is -0.486 e. The van der Waals surface area contributed by atoms with Crippen LogP contribution in [0.4, 0.5) is 0 Å². The van der Waals surface area contributed by atoms with Gasteiger partial charge in [0.15, 0.2) is 11.5 Å². The van der Waals surface area contributed by atoms with E-state index in [0.29, 0.717) is 67.8 Å². The van der Waals surface area contributed by atoms with E-state index < -0.39 is 5.60 Å². The van der Waals surface area contributed by atoms with Crippen LogP contribution in [0.15, 0.2) is 45.7 Å². The Bertz CT molecular complexity index is 1200. The Balaban J connectivity index is 1.16. The van der Waals surface area contributed by atoms with Crippen LogP contribution in [0.5, 0.6) is 11.5 Å². The van der Waals surface area contributed by atoms with Crippen molar-refractivity contribution < 1.29 is 19.0 Å². The molecule has 0 bridgehead atoms. The van der Waals surface area contributed by atoms with Gasteiger partial charge in [-0.15, -0.1) is 0 Å². The lowest BCUT2D eigenvalue weighted by atomic mass is 9.78. The molecule has 1 aliphatic carbocycles. The van der Waals surface area contributed by atoms with Crippen molar-refractivity contribution >= 4 is 22.6 Å². The highest BCUT2D eigenvalue weighted by Gasteiger charge is 2.33. The van der Waals surface area contributed by atoms with Gasteiger partial charge in [-0.25, -0.2) is 4.79 Å². The first-order valence-corrected chi connectivity index (χ1v) is 11.8. The van der Waals surface area contributed by atoms with Crippen LogP contribution in [0.1, 0.15) is 43.4 Å². The standard InChI is InChI=1S/C25H27ClN2O5/c26-18-11-16-1-2-23(29)33-24(16)17(12-18)3-6-25(30)7-4-19(5-8-25)27-14-20-13-21-22(15-28-20)32-10-9-31-21/h1-2,11-13,15,19,27,30H,3-10,14H2/t19-,25-. The summed E-state index contributed by atoms with van der Waals surface area (Å²) in [4.78, 5) is 16.1. The number of ether oxygens (including phenoxy) is 2. The summed E-state index contributed by atoms with van der Waals surface area (Å²) in [5.74, 6) is 1.44. The van der Waals surface area contributed by atoms with E-state index in [-0.39, 0.29) is 5.63 Å². The zero-order chi connectivity index (χ0) is 22.8. The average molecular weight is 471 g/mol. The molecule has 0 atom stereocenters. The van der Waals surface area contributed by atoms with Gasteiger partial charge in [0.2, 0.25) is 0 Å². The van der Waals surface area contributed by atoms with Crippen molar-refractivity contribution in [3.8, 4) is 11.5 Å². The molecule has 7 nitrogen and oxygen atoms in total. The van der Waals surface area contributed by atoms with Crippen LogP contribution in [0.25, 0.3) is 11.0 Å². The van der Waals surface area contributed by atoms with E-state index in [2.05, 4.69) is 10.3 Å². The quantitative estimate of drug-likeness (QED) is 0.526. The summed E-state index contributed by atoms with van der Waals surface area (Å²) in [6.07, 6.45) is 6.09. The third-order valence-corrected chi connectivity index (χ3v) is 6.81. The Morgan fingerprint density at radius 1 is 1.12 bits per heavy atom. The first-order valence-electron chi connectivity index (χ1n) is 11.4. The van der Waals surface area contributed by atoms with E-state index in [9.17, 15) is 9.90 Å². The number of hydrogen-bond donors (Lipinski definition) is 2. The second-order valence-electron chi connectivity index (χ2n) is 8.94. The number of aryl methyl sites for hydroxylation is 1. The third-order valence-electron chi connectivity index (χ3n) is 6.60. The van der Waals surface area contributed by atoms with E-state index >= 15 is 0 Å². The van der Waals surface area contributed by atoms with Crippen LogP contribution in [-0.2, 0) is 13.0 Å². The SMILES string of the molecule is O=c1ccc2cc(Cl)cc(CC[C@]3(O)CC[C@H](NCc4cc5c(cn4)OCCO5)CC3)c2o1. The van der Waals surface area contributed by atoms with Crippen LogP contribution in [0, 0.1) is 0 Å². The summed E-state index contributed by atoms with van der Waals surface area (Å²) < 4.78 is 16.6. The normalized spacial score (nSPS) is 22.4. The largest absolute Gasteiger partial charge is 0.486 e. The number of nitrogens with zero attached hydrogens (tertiary/aromatic N) is 1. The minimum atomic E-state index is -0.739. The van der Waals surface area contributed by atoms with Crippen molar-refractivity contribution in [2.45, 2.75) is 56.7 Å². The molecule has 1 aliphatic heterocycles. The van der Waals surface area contributed by atoms with Gasteiger partial charge in [-0.3, -0.25) is 4.98 Å². The molecule has 3 aromatic rings. The van der Waals surface area contributed by atoms with Gasteiger partial charge in [0, 0.05) is 35.1 Å². The van der Waals surface area contributed by atoms with Crippen LogP contribution in [0.2, 0.25) is 5.02 Å². The van der Waals surface area contributed by atoms with E-state index in [0.717, 1.165) is 35.2 Å². The lowest BCUT2D eigenvalue weighted by Crippen LogP contribution is -2.41. The lowest BCUT2D eigenvalue weighted by molar-refractivity contribution is -0.0108. The smallest absolute Gasteiger partial charge is 0.336 e.